The Bertz CT molecular complexity index is 328. The zero-order valence-corrected chi connectivity index (χ0v) is 11.9. The van der Waals surface area contributed by atoms with E-state index in [1.54, 1.807) is 0 Å². The topological polar surface area (TPSA) is 24.9 Å². The molecule has 0 bridgehead atoms. The van der Waals surface area contributed by atoms with Crippen molar-refractivity contribution in [2.45, 2.75) is 37.5 Å². The van der Waals surface area contributed by atoms with Crippen molar-refractivity contribution in [3.8, 4) is 0 Å². The van der Waals surface area contributed by atoms with Crippen molar-refractivity contribution in [2.75, 3.05) is 11.1 Å². The molecule has 1 aliphatic carbocycles. The van der Waals surface area contributed by atoms with E-state index in [-0.39, 0.29) is 0 Å². The summed E-state index contributed by atoms with van der Waals surface area (Å²) in [6, 6.07) is 4.67. The monoisotopic (exact) mass is 300 g/mol. The van der Waals surface area contributed by atoms with E-state index in [1.165, 1.54) is 25.0 Å². The second kappa shape index (κ2) is 5.92. The van der Waals surface area contributed by atoms with Gasteiger partial charge in [0.15, 0.2) is 0 Å². The van der Waals surface area contributed by atoms with Gasteiger partial charge in [0, 0.05) is 22.0 Å². The van der Waals surface area contributed by atoms with Gasteiger partial charge in [0.2, 0.25) is 0 Å². The van der Waals surface area contributed by atoms with Crippen molar-refractivity contribution >= 4 is 33.5 Å². The van der Waals surface area contributed by atoms with Crippen molar-refractivity contribution in [3.63, 3.8) is 0 Å². The van der Waals surface area contributed by atoms with Gasteiger partial charge in [0.1, 0.15) is 5.82 Å². The van der Waals surface area contributed by atoms with Gasteiger partial charge in [-0.2, -0.15) is 11.8 Å². The van der Waals surface area contributed by atoms with Gasteiger partial charge in [0.05, 0.1) is 0 Å². The lowest BCUT2D eigenvalue weighted by molar-refractivity contribution is 0.762. The third kappa shape index (κ3) is 3.14. The molecular weight excluding hydrogens is 284 g/mol. The summed E-state index contributed by atoms with van der Waals surface area (Å²) >= 11 is 5.47. The molecule has 1 heterocycles. The van der Waals surface area contributed by atoms with Crippen LogP contribution < -0.4 is 5.32 Å². The van der Waals surface area contributed by atoms with Crippen molar-refractivity contribution < 1.29 is 0 Å². The second-order valence-corrected chi connectivity index (χ2v) is 6.47. The lowest BCUT2D eigenvalue weighted by Gasteiger charge is -2.20. The molecule has 0 saturated heterocycles. The second-order valence-electron chi connectivity index (χ2n) is 4.04. The van der Waals surface area contributed by atoms with Crippen LogP contribution in [-0.4, -0.2) is 22.0 Å². The first kappa shape index (κ1) is 12.2. The molecule has 2 rings (SSSR count). The molecule has 0 radical (unpaired) electrons. The van der Waals surface area contributed by atoms with Gasteiger partial charge in [-0.15, -0.1) is 0 Å². The molecular formula is C12H17BrN2S. The average Bonchev–Trinajstić information content (AvgIpc) is 2.70. The summed E-state index contributed by atoms with van der Waals surface area (Å²) in [5, 5.41) is 4.31. The Kier molecular flexibility index (Phi) is 4.53. The molecule has 2 atom stereocenters. The van der Waals surface area contributed by atoms with Gasteiger partial charge in [0.25, 0.3) is 0 Å². The quantitative estimate of drug-likeness (QED) is 0.912. The Hall–Kier alpha value is -0.220. The van der Waals surface area contributed by atoms with Crippen LogP contribution in [0.15, 0.2) is 22.8 Å². The number of hydrogen-bond acceptors (Lipinski definition) is 3. The number of nitrogens with one attached hydrogen (secondary N) is 1. The zero-order chi connectivity index (χ0) is 11.4. The Morgan fingerprint density at radius 2 is 2.38 bits per heavy atom. The maximum Gasteiger partial charge on any atom is 0.126 e. The highest BCUT2D eigenvalue weighted by Crippen LogP contribution is 2.31. The highest BCUT2D eigenvalue weighted by Gasteiger charge is 2.27. The number of halogens is 1. The Balaban J connectivity index is 1.95. The van der Waals surface area contributed by atoms with Crippen LogP contribution >= 0.6 is 27.7 Å². The summed E-state index contributed by atoms with van der Waals surface area (Å²) < 4.78 is 1.03. The molecule has 0 amide bonds. The first-order valence-electron chi connectivity index (χ1n) is 5.79. The minimum Gasteiger partial charge on any atom is -0.366 e. The molecule has 1 aromatic rings. The molecule has 1 aromatic heterocycles. The molecule has 1 aliphatic rings. The van der Waals surface area contributed by atoms with Crippen molar-refractivity contribution in [1.82, 2.24) is 4.98 Å². The standard InChI is InChI=1S/C12H17BrN2S/c1-2-16-11-5-3-4-10(11)15-12-7-6-9(13)8-14-12/h6-8,10-11H,2-5H2,1H3,(H,14,15). The number of rotatable bonds is 4. The molecule has 4 heteroatoms. The van der Waals surface area contributed by atoms with Crippen molar-refractivity contribution in [3.05, 3.63) is 22.8 Å². The third-order valence-corrected chi connectivity index (χ3v) is 4.69. The highest BCUT2D eigenvalue weighted by molar-refractivity contribution is 9.10. The molecule has 1 N–H and O–H groups in total. The van der Waals surface area contributed by atoms with Gasteiger partial charge in [-0.3, -0.25) is 0 Å². The number of nitrogens with zero attached hydrogens (tertiary/aromatic N) is 1. The van der Waals surface area contributed by atoms with Crippen LogP contribution in [0.2, 0.25) is 0 Å². The Morgan fingerprint density at radius 3 is 3.06 bits per heavy atom. The maximum atomic E-state index is 4.37. The fraction of sp³-hybridized carbons (Fsp3) is 0.583. The predicted octanol–water partition coefficient (Wildman–Crippen LogP) is 3.93. The fourth-order valence-electron chi connectivity index (χ4n) is 2.16. The molecule has 0 aliphatic heterocycles. The molecule has 2 nitrogen and oxygen atoms in total. The Morgan fingerprint density at radius 1 is 1.50 bits per heavy atom. The lowest BCUT2D eigenvalue weighted by Crippen LogP contribution is -2.26. The van der Waals surface area contributed by atoms with E-state index in [9.17, 15) is 0 Å². The van der Waals surface area contributed by atoms with E-state index in [1.807, 2.05) is 18.3 Å². The molecule has 0 spiro atoms. The highest BCUT2D eigenvalue weighted by atomic mass is 79.9. The smallest absolute Gasteiger partial charge is 0.126 e. The van der Waals surface area contributed by atoms with E-state index in [0.29, 0.717) is 6.04 Å². The zero-order valence-electron chi connectivity index (χ0n) is 9.45. The normalized spacial score (nSPS) is 24.6. The number of thioether (sulfide) groups is 1. The van der Waals surface area contributed by atoms with E-state index in [2.05, 4.69) is 44.9 Å². The van der Waals surface area contributed by atoms with Gasteiger partial charge < -0.3 is 5.32 Å². The van der Waals surface area contributed by atoms with Crippen LogP contribution in [0.3, 0.4) is 0 Å². The van der Waals surface area contributed by atoms with Crippen LogP contribution in [0.4, 0.5) is 5.82 Å². The first-order valence-corrected chi connectivity index (χ1v) is 7.63. The van der Waals surface area contributed by atoms with E-state index >= 15 is 0 Å². The third-order valence-electron chi connectivity index (χ3n) is 2.89. The number of anilines is 1. The van der Waals surface area contributed by atoms with Crippen LogP contribution in [0.1, 0.15) is 26.2 Å². The van der Waals surface area contributed by atoms with Crippen LogP contribution in [0.5, 0.6) is 0 Å². The molecule has 1 saturated carbocycles. The van der Waals surface area contributed by atoms with E-state index in [0.717, 1.165) is 15.5 Å². The van der Waals surface area contributed by atoms with Gasteiger partial charge in [-0.1, -0.05) is 13.3 Å². The summed E-state index contributed by atoms with van der Waals surface area (Å²) in [7, 11) is 0. The lowest BCUT2D eigenvalue weighted by atomic mass is 10.2. The minimum atomic E-state index is 0.596. The summed E-state index contributed by atoms with van der Waals surface area (Å²) in [6.45, 7) is 2.23. The van der Waals surface area contributed by atoms with E-state index < -0.39 is 0 Å². The van der Waals surface area contributed by atoms with Crippen LogP contribution in [-0.2, 0) is 0 Å². The summed E-state index contributed by atoms with van der Waals surface area (Å²) in [5.41, 5.74) is 0. The number of pyridine rings is 1. The molecule has 2 unspecified atom stereocenters. The summed E-state index contributed by atoms with van der Waals surface area (Å²) in [4.78, 5) is 4.37. The molecule has 1 fully saturated rings. The largest absolute Gasteiger partial charge is 0.366 e. The van der Waals surface area contributed by atoms with Crippen molar-refractivity contribution in [2.24, 2.45) is 0 Å². The first-order chi connectivity index (χ1) is 7.79. The SMILES string of the molecule is CCSC1CCCC1Nc1ccc(Br)cn1. The number of hydrogen-bond donors (Lipinski definition) is 1. The average molecular weight is 301 g/mol. The van der Waals surface area contributed by atoms with Gasteiger partial charge in [-0.05, 0) is 46.7 Å². The van der Waals surface area contributed by atoms with Gasteiger partial charge in [-0.25, -0.2) is 4.98 Å². The van der Waals surface area contributed by atoms with Gasteiger partial charge >= 0.3 is 0 Å². The molecule has 88 valence electrons. The van der Waals surface area contributed by atoms with Crippen LogP contribution in [0, 0.1) is 0 Å². The predicted molar refractivity (Wildman–Crippen MR) is 75.1 cm³/mol. The minimum absolute atomic E-state index is 0.596. The molecule has 0 aromatic carbocycles. The number of aromatic nitrogens is 1. The van der Waals surface area contributed by atoms with E-state index in [4.69, 9.17) is 0 Å². The van der Waals surface area contributed by atoms with Crippen LogP contribution in [0.25, 0.3) is 0 Å². The fourth-order valence-corrected chi connectivity index (χ4v) is 3.59. The summed E-state index contributed by atoms with van der Waals surface area (Å²) in [6.07, 6.45) is 5.80. The molecule has 16 heavy (non-hydrogen) atoms. The summed E-state index contributed by atoms with van der Waals surface area (Å²) in [5.74, 6) is 2.20. The Labute approximate surface area is 110 Å². The maximum absolute atomic E-state index is 4.37. The van der Waals surface area contributed by atoms with Crippen molar-refractivity contribution in [1.29, 1.82) is 0 Å².